The molecular formula is C10H21I. The lowest BCUT2D eigenvalue weighted by molar-refractivity contribution is 0.329. The summed E-state index contributed by atoms with van der Waals surface area (Å²) in [4.78, 5) is 0. The van der Waals surface area contributed by atoms with Crippen LogP contribution in [-0.2, 0) is 0 Å². The predicted molar refractivity (Wildman–Crippen MR) is 61.4 cm³/mol. The van der Waals surface area contributed by atoms with Crippen molar-refractivity contribution in [3.05, 3.63) is 0 Å². The third-order valence-corrected chi connectivity index (χ3v) is 3.05. The summed E-state index contributed by atoms with van der Waals surface area (Å²) in [6.07, 6.45) is 7.36. The van der Waals surface area contributed by atoms with E-state index < -0.39 is 0 Å². The molecule has 0 aromatic carbocycles. The van der Waals surface area contributed by atoms with E-state index in [0.717, 1.165) is 5.41 Å². The lowest BCUT2D eigenvalue weighted by Crippen LogP contribution is -2.10. The average molecular weight is 268 g/mol. The maximum atomic E-state index is 2.49. The highest BCUT2D eigenvalue weighted by Gasteiger charge is 2.27. The van der Waals surface area contributed by atoms with Crippen LogP contribution in [0.3, 0.4) is 0 Å². The van der Waals surface area contributed by atoms with Crippen molar-refractivity contribution in [3.63, 3.8) is 0 Å². The van der Waals surface area contributed by atoms with E-state index in [0.29, 0.717) is 0 Å². The summed E-state index contributed by atoms with van der Waals surface area (Å²) in [7, 11) is 0. The molecule has 0 saturated heterocycles. The number of hydrogen-bond acceptors (Lipinski definition) is 0. The van der Waals surface area contributed by atoms with Gasteiger partial charge in [0.05, 0.1) is 0 Å². The Kier molecular flexibility index (Phi) is 6.68. The molecule has 1 saturated carbocycles. The van der Waals surface area contributed by atoms with Gasteiger partial charge >= 0.3 is 0 Å². The summed E-state index contributed by atoms with van der Waals surface area (Å²) in [6.45, 7) is 6.44. The Balaban J connectivity index is 0.000000461. The van der Waals surface area contributed by atoms with Crippen LogP contribution in [0.15, 0.2) is 0 Å². The van der Waals surface area contributed by atoms with Crippen molar-refractivity contribution in [2.75, 3.05) is 4.43 Å². The van der Waals surface area contributed by atoms with Gasteiger partial charge in [0.25, 0.3) is 0 Å². The van der Waals surface area contributed by atoms with Crippen LogP contribution in [0.2, 0.25) is 0 Å². The van der Waals surface area contributed by atoms with E-state index in [1.165, 1.54) is 36.5 Å². The quantitative estimate of drug-likeness (QED) is 0.513. The summed E-state index contributed by atoms with van der Waals surface area (Å²) >= 11 is 2.49. The molecule has 1 fully saturated rings. The van der Waals surface area contributed by atoms with Crippen molar-refractivity contribution in [1.82, 2.24) is 0 Å². The van der Waals surface area contributed by atoms with Crippen LogP contribution in [-0.4, -0.2) is 4.43 Å². The van der Waals surface area contributed by atoms with Gasteiger partial charge in [0, 0.05) is 4.43 Å². The van der Waals surface area contributed by atoms with E-state index in [9.17, 15) is 0 Å². The fourth-order valence-electron chi connectivity index (χ4n) is 1.71. The summed E-state index contributed by atoms with van der Waals surface area (Å²) in [5, 5.41) is 0. The molecule has 0 bridgehead atoms. The van der Waals surface area contributed by atoms with Crippen LogP contribution in [0.1, 0.15) is 52.9 Å². The van der Waals surface area contributed by atoms with Crippen molar-refractivity contribution in [3.8, 4) is 0 Å². The molecule has 0 atom stereocenters. The SMILES string of the molecule is CC.CC1(CCI)CCCC1. The topological polar surface area (TPSA) is 0 Å². The second-order valence-corrected chi connectivity index (χ2v) is 4.54. The molecule has 0 radical (unpaired) electrons. The fourth-order valence-corrected chi connectivity index (χ4v) is 3.01. The molecule has 0 aromatic heterocycles. The van der Waals surface area contributed by atoms with Crippen LogP contribution in [0.5, 0.6) is 0 Å². The van der Waals surface area contributed by atoms with Gasteiger partial charge in [-0.2, -0.15) is 0 Å². The van der Waals surface area contributed by atoms with E-state index in [1.54, 1.807) is 0 Å². The van der Waals surface area contributed by atoms with Gasteiger partial charge in [-0.1, -0.05) is 56.2 Å². The Bertz CT molecular complexity index is 82.9. The number of halogens is 1. The van der Waals surface area contributed by atoms with E-state index in [2.05, 4.69) is 29.5 Å². The Labute approximate surface area is 85.3 Å². The first kappa shape index (κ1) is 11.7. The molecule has 0 aromatic rings. The molecule has 0 nitrogen and oxygen atoms in total. The van der Waals surface area contributed by atoms with E-state index in [-0.39, 0.29) is 0 Å². The molecule has 68 valence electrons. The minimum atomic E-state index is 0.737. The first-order chi connectivity index (χ1) is 5.27. The van der Waals surface area contributed by atoms with Gasteiger partial charge in [0.15, 0.2) is 0 Å². The second-order valence-electron chi connectivity index (χ2n) is 3.46. The third-order valence-electron chi connectivity index (χ3n) is 2.51. The van der Waals surface area contributed by atoms with Crippen molar-refractivity contribution >= 4 is 22.6 Å². The van der Waals surface area contributed by atoms with Gasteiger partial charge in [0.1, 0.15) is 0 Å². The molecule has 0 aliphatic heterocycles. The van der Waals surface area contributed by atoms with Crippen molar-refractivity contribution < 1.29 is 0 Å². The van der Waals surface area contributed by atoms with E-state index in [1.807, 2.05) is 13.8 Å². The molecule has 1 aliphatic rings. The zero-order valence-corrected chi connectivity index (χ0v) is 10.3. The molecule has 0 unspecified atom stereocenters. The Hall–Kier alpha value is 0.730. The standard InChI is InChI=1S/C8H15I.C2H6/c1-8(6-7-9)4-2-3-5-8;1-2/h2-7H2,1H3;1-2H3. The lowest BCUT2D eigenvalue weighted by Gasteiger charge is -2.21. The van der Waals surface area contributed by atoms with E-state index >= 15 is 0 Å². The van der Waals surface area contributed by atoms with Crippen LogP contribution in [0.4, 0.5) is 0 Å². The minimum absolute atomic E-state index is 0.737. The van der Waals surface area contributed by atoms with Gasteiger partial charge in [0.2, 0.25) is 0 Å². The maximum Gasteiger partial charge on any atom is 0.0000454 e. The van der Waals surface area contributed by atoms with Crippen molar-refractivity contribution in [2.24, 2.45) is 5.41 Å². The summed E-state index contributed by atoms with van der Waals surface area (Å²) < 4.78 is 1.34. The molecule has 11 heavy (non-hydrogen) atoms. The van der Waals surface area contributed by atoms with E-state index in [4.69, 9.17) is 0 Å². The molecule has 0 spiro atoms. The summed E-state index contributed by atoms with van der Waals surface area (Å²) in [5.74, 6) is 0. The highest BCUT2D eigenvalue weighted by molar-refractivity contribution is 14.1. The number of hydrogen-bond donors (Lipinski definition) is 0. The van der Waals surface area contributed by atoms with Gasteiger partial charge in [-0.15, -0.1) is 0 Å². The number of alkyl halides is 1. The molecule has 0 heterocycles. The first-order valence-corrected chi connectivity index (χ1v) is 6.35. The van der Waals surface area contributed by atoms with Gasteiger partial charge < -0.3 is 0 Å². The monoisotopic (exact) mass is 268 g/mol. The minimum Gasteiger partial charge on any atom is -0.0864 e. The third kappa shape index (κ3) is 4.34. The highest BCUT2D eigenvalue weighted by atomic mass is 127. The maximum absolute atomic E-state index is 2.49. The summed E-state index contributed by atoms with van der Waals surface area (Å²) in [6, 6.07) is 0. The molecule has 1 rings (SSSR count). The Morgan fingerprint density at radius 1 is 1.18 bits per heavy atom. The number of rotatable bonds is 2. The average Bonchev–Trinajstić information content (AvgIpc) is 2.41. The van der Waals surface area contributed by atoms with Gasteiger partial charge in [-0.3, -0.25) is 0 Å². The predicted octanol–water partition coefficient (Wildman–Crippen LogP) is 4.42. The zero-order valence-electron chi connectivity index (χ0n) is 8.12. The molecule has 1 heteroatoms. The second kappa shape index (κ2) is 6.27. The largest absolute Gasteiger partial charge is 0.0864 e. The zero-order chi connectivity index (χ0) is 8.74. The summed E-state index contributed by atoms with van der Waals surface area (Å²) in [5.41, 5.74) is 0.737. The fraction of sp³-hybridized carbons (Fsp3) is 1.00. The molecule has 0 N–H and O–H groups in total. The van der Waals surface area contributed by atoms with Crippen LogP contribution < -0.4 is 0 Å². The van der Waals surface area contributed by atoms with Crippen molar-refractivity contribution in [1.29, 1.82) is 0 Å². The lowest BCUT2D eigenvalue weighted by atomic mass is 9.86. The smallest absolute Gasteiger partial charge is 0.0000454 e. The first-order valence-electron chi connectivity index (χ1n) is 4.83. The van der Waals surface area contributed by atoms with Gasteiger partial charge in [-0.25, -0.2) is 0 Å². The normalized spacial score (nSPS) is 20.7. The molecule has 1 aliphatic carbocycles. The van der Waals surface area contributed by atoms with Crippen LogP contribution >= 0.6 is 22.6 Å². The van der Waals surface area contributed by atoms with Gasteiger partial charge in [-0.05, 0) is 24.7 Å². The highest BCUT2D eigenvalue weighted by Crippen LogP contribution is 2.40. The van der Waals surface area contributed by atoms with Crippen molar-refractivity contribution in [2.45, 2.75) is 52.9 Å². The van der Waals surface area contributed by atoms with Crippen LogP contribution in [0.25, 0.3) is 0 Å². The van der Waals surface area contributed by atoms with Crippen LogP contribution in [0, 0.1) is 5.41 Å². The Morgan fingerprint density at radius 2 is 1.64 bits per heavy atom. The molecule has 0 amide bonds. The molecular weight excluding hydrogens is 247 g/mol. The Morgan fingerprint density at radius 3 is 2.00 bits per heavy atom.